The summed E-state index contributed by atoms with van der Waals surface area (Å²) in [6, 6.07) is 26.0. The Morgan fingerprint density at radius 1 is 1.03 bits per heavy atom. The van der Waals surface area contributed by atoms with Crippen LogP contribution in [0.15, 0.2) is 89.5 Å². The van der Waals surface area contributed by atoms with Gasteiger partial charge in [0.05, 0.1) is 12.2 Å². The molecule has 5 nitrogen and oxygen atoms in total. The highest BCUT2D eigenvalue weighted by Crippen LogP contribution is 2.29. The fourth-order valence-electron chi connectivity index (χ4n) is 3.51. The number of hydrogen-bond acceptors (Lipinski definition) is 3. The Balaban J connectivity index is 1.53. The van der Waals surface area contributed by atoms with Crippen LogP contribution < -0.4 is 10.6 Å². The van der Waals surface area contributed by atoms with E-state index in [1.807, 2.05) is 79.7 Å². The van der Waals surface area contributed by atoms with Crippen LogP contribution in [0.5, 0.6) is 0 Å². The molecule has 0 amide bonds. The van der Waals surface area contributed by atoms with Crippen molar-refractivity contribution in [1.29, 1.82) is 5.41 Å². The highest BCUT2D eigenvalue weighted by Gasteiger charge is 2.18. The van der Waals surface area contributed by atoms with E-state index >= 15 is 0 Å². The molecular formula is C25H23FN4O. The standard InChI is InChI=1S/C25H23FN4O/c1-17(19-12-13-22(23(26)14-19)18-8-4-2-5-9-18)24-15-21(31-29-24)16-30(25(27)28)20-10-6-3-7-11-20/h2-15,17H,16H2,1H3,(H3,27,28). The van der Waals surface area contributed by atoms with E-state index in [-0.39, 0.29) is 24.2 Å². The van der Waals surface area contributed by atoms with Crippen molar-refractivity contribution in [2.24, 2.45) is 5.73 Å². The molecule has 0 aliphatic carbocycles. The van der Waals surface area contributed by atoms with Gasteiger partial charge in [-0.3, -0.25) is 5.41 Å². The van der Waals surface area contributed by atoms with Crippen LogP contribution in [0, 0.1) is 11.2 Å². The molecule has 156 valence electrons. The minimum Gasteiger partial charge on any atom is -0.370 e. The van der Waals surface area contributed by atoms with Crippen LogP contribution in [0.3, 0.4) is 0 Å². The van der Waals surface area contributed by atoms with Crippen molar-refractivity contribution < 1.29 is 8.91 Å². The first kappa shape index (κ1) is 20.3. The molecule has 0 radical (unpaired) electrons. The third-order valence-corrected chi connectivity index (χ3v) is 5.27. The number of guanidine groups is 1. The average molecular weight is 414 g/mol. The Hall–Kier alpha value is -3.93. The molecule has 3 N–H and O–H groups in total. The lowest BCUT2D eigenvalue weighted by atomic mass is 9.94. The smallest absolute Gasteiger partial charge is 0.193 e. The zero-order chi connectivity index (χ0) is 21.8. The summed E-state index contributed by atoms with van der Waals surface area (Å²) in [5.41, 5.74) is 9.46. The molecule has 0 bridgehead atoms. The largest absolute Gasteiger partial charge is 0.370 e. The van der Waals surface area contributed by atoms with Crippen LogP contribution in [-0.4, -0.2) is 11.1 Å². The third kappa shape index (κ3) is 4.48. The summed E-state index contributed by atoms with van der Waals surface area (Å²) in [7, 11) is 0. The van der Waals surface area contributed by atoms with E-state index in [0.717, 1.165) is 16.8 Å². The van der Waals surface area contributed by atoms with Gasteiger partial charge in [0.2, 0.25) is 0 Å². The van der Waals surface area contributed by atoms with E-state index < -0.39 is 0 Å². The molecule has 4 rings (SSSR count). The maximum absolute atomic E-state index is 14.8. The quantitative estimate of drug-likeness (QED) is 0.321. The van der Waals surface area contributed by atoms with Crippen LogP contribution in [0.2, 0.25) is 0 Å². The number of aromatic nitrogens is 1. The first-order chi connectivity index (χ1) is 15.0. The minimum absolute atomic E-state index is 0.0872. The SMILES string of the molecule is CC(c1ccc(-c2ccccc2)c(F)c1)c1cc(CN(C(=N)N)c2ccccc2)on1. The van der Waals surface area contributed by atoms with Crippen molar-refractivity contribution in [3.8, 4) is 11.1 Å². The number of anilines is 1. The molecule has 1 atom stereocenters. The lowest BCUT2D eigenvalue weighted by Gasteiger charge is -2.21. The zero-order valence-corrected chi connectivity index (χ0v) is 17.1. The van der Waals surface area contributed by atoms with Gasteiger partial charge in [-0.25, -0.2) is 4.39 Å². The topological polar surface area (TPSA) is 79.1 Å². The molecular weight excluding hydrogens is 391 g/mol. The number of nitrogens with zero attached hydrogens (tertiary/aromatic N) is 2. The average Bonchev–Trinajstić information content (AvgIpc) is 3.26. The van der Waals surface area contributed by atoms with Crippen LogP contribution in [0.4, 0.5) is 10.1 Å². The number of halogens is 1. The van der Waals surface area contributed by atoms with Crippen molar-refractivity contribution in [1.82, 2.24) is 5.16 Å². The summed E-state index contributed by atoms with van der Waals surface area (Å²) in [5, 5.41) is 12.1. The maximum atomic E-state index is 14.8. The normalized spacial score (nSPS) is 11.8. The molecule has 3 aromatic carbocycles. The molecule has 0 spiro atoms. The van der Waals surface area contributed by atoms with E-state index in [9.17, 15) is 4.39 Å². The molecule has 0 saturated carbocycles. The molecule has 1 aromatic heterocycles. The van der Waals surface area contributed by atoms with E-state index in [1.54, 1.807) is 17.0 Å². The predicted octanol–water partition coefficient (Wildman–Crippen LogP) is 5.53. The van der Waals surface area contributed by atoms with Gasteiger partial charge in [0.15, 0.2) is 11.7 Å². The Bertz CT molecular complexity index is 1170. The minimum atomic E-state index is -0.272. The van der Waals surface area contributed by atoms with Gasteiger partial charge >= 0.3 is 0 Å². The van der Waals surface area contributed by atoms with Crippen molar-refractivity contribution in [3.05, 3.63) is 108 Å². The zero-order valence-electron chi connectivity index (χ0n) is 17.1. The lowest BCUT2D eigenvalue weighted by Crippen LogP contribution is -2.35. The first-order valence-corrected chi connectivity index (χ1v) is 10.00. The first-order valence-electron chi connectivity index (χ1n) is 10.00. The van der Waals surface area contributed by atoms with Crippen LogP contribution in [0.1, 0.15) is 29.9 Å². The number of benzene rings is 3. The summed E-state index contributed by atoms with van der Waals surface area (Å²) in [6.45, 7) is 2.24. The lowest BCUT2D eigenvalue weighted by molar-refractivity contribution is 0.377. The molecule has 0 fully saturated rings. The Morgan fingerprint density at radius 3 is 2.35 bits per heavy atom. The molecule has 0 aliphatic rings. The number of nitrogens with one attached hydrogen (secondary N) is 1. The Kier molecular flexibility index (Phi) is 5.80. The highest BCUT2D eigenvalue weighted by atomic mass is 19.1. The fourth-order valence-corrected chi connectivity index (χ4v) is 3.51. The number of nitrogens with two attached hydrogens (primary N) is 1. The van der Waals surface area contributed by atoms with Gasteiger partial charge in [-0.15, -0.1) is 0 Å². The van der Waals surface area contributed by atoms with Gasteiger partial charge < -0.3 is 15.2 Å². The third-order valence-electron chi connectivity index (χ3n) is 5.27. The summed E-state index contributed by atoms with van der Waals surface area (Å²) >= 11 is 0. The molecule has 0 saturated heterocycles. The molecule has 31 heavy (non-hydrogen) atoms. The summed E-state index contributed by atoms with van der Waals surface area (Å²) in [4.78, 5) is 1.63. The Morgan fingerprint density at radius 2 is 1.71 bits per heavy atom. The van der Waals surface area contributed by atoms with E-state index in [4.69, 9.17) is 15.7 Å². The molecule has 1 heterocycles. The van der Waals surface area contributed by atoms with Gasteiger partial charge in [-0.2, -0.15) is 0 Å². The predicted molar refractivity (Wildman–Crippen MR) is 120 cm³/mol. The number of rotatable bonds is 6. The number of hydrogen-bond donors (Lipinski definition) is 2. The molecule has 4 aromatic rings. The number of para-hydroxylation sites is 1. The van der Waals surface area contributed by atoms with Gasteiger partial charge in [-0.1, -0.05) is 72.7 Å². The van der Waals surface area contributed by atoms with Crippen LogP contribution in [-0.2, 0) is 6.54 Å². The maximum Gasteiger partial charge on any atom is 0.193 e. The molecule has 1 unspecified atom stereocenters. The van der Waals surface area contributed by atoms with Crippen molar-refractivity contribution in [2.75, 3.05) is 4.90 Å². The van der Waals surface area contributed by atoms with Gasteiger partial charge in [0.1, 0.15) is 5.82 Å². The van der Waals surface area contributed by atoms with Crippen LogP contribution >= 0.6 is 0 Å². The second-order valence-corrected chi connectivity index (χ2v) is 7.35. The highest BCUT2D eigenvalue weighted by molar-refractivity contribution is 5.92. The molecule has 6 heteroatoms. The summed E-state index contributed by atoms with van der Waals surface area (Å²) in [5.74, 6) is 0.0588. The van der Waals surface area contributed by atoms with E-state index in [1.165, 1.54) is 0 Å². The van der Waals surface area contributed by atoms with E-state index in [2.05, 4.69) is 5.16 Å². The summed E-state index contributed by atoms with van der Waals surface area (Å²) in [6.07, 6.45) is 0. The second-order valence-electron chi connectivity index (χ2n) is 7.35. The van der Waals surface area contributed by atoms with Crippen molar-refractivity contribution in [3.63, 3.8) is 0 Å². The monoisotopic (exact) mass is 414 g/mol. The Labute approximate surface area is 180 Å². The van der Waals surface area contributed by atoms with Crippen molar-refractivity contribution >= 4 is 11.6 Å². The van der Waals surface area contributed by atoms with Crippen LogP contribution in [0.25, 0.3) is 11.1 Å². The van der Waals surface area contributed by atoms with Crippen molar-refractivity contribution in [2.45, 2.75) is 19.4 Å². The second kappa shape index (κ2) is 8.83. The van der Waals surface area contributed by atoms with Gasteiger partial charge in [-0.05, 0) is 29.3 Å². The van der Waals surface area contributed by atoms with Gasteiger partial charge in [0.25, 0.3) is 0 Å². The summed E-state index contributed by atoms with van der Waals surface area (Å²) < 4.78 is 20.3. The fraction of sp³-hybridized carbons (Fsp3) is 0.120. The van der Waals surface area contributed by atoms with Gasteiger partial charge in [0, 0.05) is 23.2 Å². The van der Waals surface area contributed by atoms with E-state index in [0.29, 0.717) is 17.0 Å². The molecule has 0 aliphatic heterocycles.